The average Bonchev–Trinajstić information content (AvgIpc) is 2.01. The van der Waals surface area contributed by atoms with Gasteiger partial charge in [0.05, 0.1) is 10.4 Å². The van der Waals surface area contributed by atoms with E-state index in [1.54, 1.807) is 11.8 Å². The van der Waals surface area contributed by atoms with Gasteiger partial charge in [-0.2, -0.15) is 0 Å². The van der Waals surface area contributed by atoms with Crippen molar-refractivity contribution in [2.24, 2.45) is 0 Å². The summed E-state index contributed by atoms with van der Waals surface area (Å²) in [4.78, 5) is 13.1. The Morgan fingerprint density at radius 3 is 2.77 bits per heavy atom. The number of piperidine rings is 1. The second-order valence-electron chi connectivity index (χ2n) is 3.98. The van der Waals surface area contributed by atoms with Crippen LogP contribution >= 0.6 is 15.9 Å². The van der Waals surface area contributed by atoms with E-state index in [0.29, 0.717) is 6.54 Å². The van der Waals surface area contributed by atoms with Crippen molar-refractivity contribution in [2.75, 3.05) is 13.1 Å². The average molecular weight is 250 g/mol. The molecule has 1 amide bonds. The number of carbonyl (C=O) groups is 1. The number of aliphatic hydroxyl groups is 1. The highest BCUT2D eigenvalue weighted by molar-refractivity contribution is 9.10. The van der Waals surface area contributed by atoms with Gasteiger partial charge >= 0.3 is 0 Å². The van der Waals surface area contributed by atoms with Crippen LogP contribution in [-0.2, 0) is 4.79 Å². The molecule has 0 radical (unpaired) electrons. The molecule has 0 aliphatic carbocycles. The molecular formula is C9H16BrNO2. The summed E-state index contributed by atoms with van der Waals surface area (Å²) in [6.45, 7) is 4.82. The summed E-state index contributed by atoms with van der Waals surface area (Å²) in [7, 11) is 0. The van der Waals surface area contributed by atoms with E-state index >= 15 is 0 Å². The van der Waals surface area contributed by atoms with Crippen molar-refractivity contribution in [3.63, 3.8) is 0 Å². The van der Waals surface area contributed by atoms with Gasteiger partial charge in [-0.15, -0.1) is 0 Å². The number of β-amino-alcohol motifs (C(OH)–C–C–N with tert-alkyl or cyclic N) is 1. The Bertz CT molecular complexity index is 204. The van der Waals surface area contributed by atoms with Gasteiger partial charge in [0, 0.05) is 13.1 Å². The zero-order valence-electron chi connectivity index (χ0n) is 8.09. The molecule has 0 aromatic rings. The van der Waals surface area contributed by atoms with Gasteiger partial charge in [-0.3, -0.25) is 4.79 Å². The second-order valence-corrected chi connectivity index (χ2v) is 5.35. The van der Waals surface area contributed by atoms with Crippen LogP contribution in [0.1, 0.15) is 26.7 Å². The van der Waals surface area contributed by atoms with Gasteiger partial charge in [0.15, 0.2) is 0 Å². The maximum Gasteiger partial charge on any atom is 0.236 e. The summed E-state index contributed by atoms with van der Waals surface area (Å²) in [6, 6.07) is 0. The van der Waals surface area contributed by atoms with Crippen LogP contribution in [0, 0.1) is 0 Å². The summed E-state index contributed by atoms with van der Waals surface area (Å²) in [5.41, 5.74) is -0.699. The monoisotopic (exact) mass is 249 g/mol. The first-order valence-corrected chi connectivity index (χ1v) is 5.49. The van der Waals surface area contributed by atoms with E-state index < -0.39 is 5.60 Å². The molecule has 1 saturated heterocycles. The molecule has 3 nitrogen and oxygen atoms in total. The van der Waals surface area contributed by atoms with Crippen molar-refractivity contribution in [1.29, 1.82) is 0 Å². The van der Waals surface area contributed by atoms with Crippen molar-refractivity contribution in [3.8, 4) is 0 Å². The number of amides is 1. The van der Waals surface area contributed by atoms with Crippen LogP contribution in [0.3, 0.4) is 0 Å². The van der Waals surface area contributed by atoms with Crippen LogP contribution in [0.5, 0.6) is 0 Å². The van der Waals surface area contributed by atoms with Crippen molar-refractivity contribution in [3.05, 3.63) is 0 Å². The van der Waals surface area contributed by atoms with Crippen molar-refractivity contribution in [2.45, 2.75) is 37.1 Å². The minimum Gasteiger partial charge on any atom is -0.388 e. The molecule has 76 valence electrons. The molecule has 2 atom stereocenters. The van der Waals surface area contributed by atoms with Gasteiger partial charge in [0.1, 0.15) is 0 Å². The SMILES string of the molecule is CC(Br)C(=O)N1CCCC(C)(O)C1. The highest BCUT2D eigenvalue weighted by Gasteiger charge is 2.31. The molecule has 1 aliphatic rings. The summed E-state index contributed by atoms with van der Waals surface area (Å²) in [5.74, 6) is 0.0694. The molecule has 0 aromatic heterocycles. The quantitative estimate of drug-likeness (QED) is 0.709. The lowest BCUT2D eigenvalue weighted by atomic mass is 9.95. The third kappa shape index (κ3) is 2.95. The van der Waals surface area contributed by atoms with Gasteiger partial charge < -0.3 is 10.0 Å². The van der Waals surface area contributed by atoms with E-state index in [0.717, 1.165) is 19.4 Å². The zero-order chi connectivity index (χ0) is 10.1. The number of likely N-dealkylation sites (tertiary alicyclic amines) is 1. The summed E-state index contributed by atoms with van der Waals surface area (Å²) in [5, 5.41) is 9.77. The van der Waals surface area contributed by atoms with Gasteiger partial charge in [-0.25, -0.2) is 0 Å². The Hall–Kier alpha value is -0.0900. The normalized spacial score (nSPS) is 31.5. The maximum atomic E-state index is 11.6. The lowest BCUT2D eigenvalue weighted by molar-refractivity contribution is -0.136. The van der Waals surface area contributed by atoms with Crippen LogP contribution in [0.4, 0.5) is 0 Å². The molecule has 4 heteroatoms. The first-order valence-electron chi connectivity index (χ1n) is 4.58. The molecule has 1 N–H and O–H groups in total. The van der Waals surface area contributed by atoms with Gasteiger partial charge in [0.25, 0.3) is 0 Å². The minimum atomic E-state index is -0.699. The van der Waals surface area contributed by atoms with E-state index in [1.807, 2.05) is 6.92 Å². The molecule has 1 fully saturated rings. The number of nitrogens with zero attached hydrogens (tertiary/aromatic N) is 1. The van der Waals surface area contributed by atoms with Crippen LogP contribution in [0.25, 0.3) is 0 Å². The molecule has 0 bridgehead atoms. The Morgan fingerprint density at radius 2 is 2.31 bits per heavy atom. The Balaban J connectivity index is 2.57. The third-order valence-electron chi connectivity index (χ3n) is 2.33. The Labute approximate surface area is 87.2 Å². The van der Waals surface area contributed by atoms with E-state index in [-0.39, 0.29) is 10.7 Å². The van der Waals surface area contributed by atoms with Crippen LogP contribution in [0.2, 0.25) is 0 Å². The minimum absolute atomic E-state index is 0.0694. The number of alkyl halides is 1. The standard InChI is InChI=1S/C9H16BrNO2/c1-7(10)8(12)11-5-3-4-9(2,13)6-11/h7,13H,3-6H2,1-2H3. The summed E-state index contributed by atoms with van der Waals surface area (Å²) in [6.07, 6.45) is 1.67. The zero-order valence-corrected chi connectivity index (χ0v) is 9.67. The molecular weight excluding hydrogens is 234 g/mol. The molecule has 13 heavy (non-hydrogen) atoms. The van der Waals surface area contributed by atoms with E-state index in [2.05, 4.69) is 15.9 Å². The topological polar surface area (TPSA) is 40.5 Å². The summed E-state index contributed by atoms with van der Waals surface area (Å²) >= 11 is 3.24. The predicted molar refractivity (Wildman–Crippen MR) is 54.8 cm³/mol. The molecule has 1 aliphatic heterocycles. The van der Waals surface area contributed by atoms with Gasteiger partial charge in [-0.1, -0.05) is 15.9 Å². The fraction of sp³-hybridized carbons (Fsp3) is 0.889. The fourth-order valence-corrected chi connectivity index (χ4v) is 1.95. The van der Waals surface area contributed by atoms with Crippen LogP contribution in [0.15, 0.2) is 0 Å². The Kier molecular flexibility index (Phi) is 3.35. The number of halogens is 1. The number of hydrogen-bond donors (Lipinski definition) is 1. The van der Waals surface area contributed by atoms with Gasteiger partial charge in [0.2, 0.25) is 5.91 Å². The van der Waals surface area contributed by atoms with Crippen molar-refractivity contribution < 1.29 is 9.90 Å². The lowest BCUT2D eigenvalue weighted by Gasteiger charge is -2.37. The third-order valence-corrected chi connectivity index (χ3v) is 2.72. The molecule has 0 aromatic carbocycles. The fourth-order valence-electron chi connectivity index (χ4n) is 1.66. The van der Waals surface area contributed by atoms with E-state index in [1.165, 1.54) is 0 Å². The van der Waals surface area contributed by atoms with E-state index in [9.17, 15) is 9.90 Å². The highest BCUT2D eigenvalue weighted by atomic mass is 79.9. The first kappa shape index (κ1) is 11.0. The first-order chi connectivity index (χ1) is 5.92. The van der Waals surface area contributed by atoms with Crippen LogP contribution < -0.4 is 0 Å². The summed E-state index contributed by atoms with van der Waals surface area (Å²) < 4.78 is 0. The molecule has 1 heterocycles. The maximum absolute atomic E-state index is 11.6. The molecule has 2 unspecified atom stereocenters. The van der Waals surface area contributed by atoms with Crippen LogP contribution in [-0.4, -0.2) is 39.4 Å². The second kappa shape index (κ2) is 3.96. The van der Waals surface area contributed by atoms with Crippen molar-refractivity contribution >= 4 is 21.8 Å². The Morgan fingerprint density at radius 1 is 1.69 bits per heavy atom. The molecule has 0 saturated carbocycles. The number of rotatable bonds is 1. The predicted octanol–water partition coefficient (Wildman–Crippen LogP) is 1.14. The smallest absolute Gasteiger partial charge is 0.236 e. The number of carbonyl (C=O) groups excluding carboxylic acids is 1. The van der Waals surface area contributed by atoms with E-state index in [4.69, 9.17) is 0 Å². The lowest BCUT2D eigenvalue weighted by Crippen LogP contribution is -2.50. The largest absolute Gasteiger partial charge is 0.388 e. The molecule has 0 spiro atoms. The van der Waals surface area contributed by atoms with Crippen molar-refractivity contribution in [1.82, 2.24) is 4.90 Å². The molecule has 1 rings (SSSR count). The van der Waals surface area contributed by atoms with Gasteiger partial charge in [-0.05, 0) is 26.7 Å². The highest BCUT2D eigenvalue weighted by Crippen LogP contribution is 2.21. The number of hydrogen-bond acceptors (Lipinski definition) is 2.